The Morgan fingerprint density at radius 1 is 1.20 bits per heavy atom. The second kappa shape index (κ2) is 2.35. The molecule has 0 bridgehead atoms. The third-order valence-electron chi connectivity index (χ3n) is 1.75. The van der Waals surface area contributed by atoms with Crippen molar-refractivity contribution >= 4 is 17.0 Å². The summed E-state index contributed by atoms with van der Waals surface area (Å²) in [6, 6.07) is 0. The van der Waals surface area contributed by atoms with Gasteiger partial charge in [-0.15, -0.1) is 0 Å². The first-order valence-corrected chi connectivity index (χ1v) is 7.52. The first kappa shape index (κ1) is 8.28. The van der Waals surface area contributed by atoms with Crippen LogP contribution in [0.2, 0.25) is 0 Å². The van der Waals surface area contributed by atoms with Gasteiger partial charge in [0.05, 0.1) is 18.6 Å². The van der Waals surface area contributed by atoms with Gasteiger partial charge in [0.1, 0.15) is 0 Å². The average molecular weight is 182 g/mol. The highest BCUT2D eigenvalue weighted by molar-refractivity contribution is 7.93. The largest absolute Gasteiger partial charge is 0.324 e. The Bertz CT molecular complexity index is 249. The van der Waals surface area contributed by atoms with Crippen molar-refractivity contribution in [1.82, 2.24) is 0 Å². The van der Waals surface area contributed by atoms with Crippen LogP contribution < -0.4 is 0 Å². The summed E-state index contributed by atoms with van der Waals surface area (Å²) in [5.41, 5.74) is 0. The fourth-order valence-electron chi connectivity index (χ4n) is 0.878. The molecule has 5 heteroatoms. The summed E-state index contributed by atoms with van der Waals surface area (Å²) >= 11 is 0. The minimum atomic E-state index is -2.83. The van der Waals surface area contributed by atoms with Crippen molar-refractivity contribution in [3.05, 3.63) is 0 Å². The maximum atomic E-state index is 11.3. The highest BCUT2D eigenvalue weighted by Gasteiger charge is 2.27. The van der Waals surface area contributed by atoms with Crippen LogP contribution in [-0.2, 0) is 14.4 Å². The molecule has 0 radical (unpaired) electrons. The van der Waals surface area contributed by atoms with Crippen LogP contribution in [0.1, 0.15) is 0 Å². The molecule has 0 amide bonds. The van der Waals surface area contributed by atoms with E-state index >= 15 is 0 Å². The van der Waals surface area contributed by atoms with Crippen molar-refractivity contribution in [2.24, 2.45) is 0 Å². The molecule has 0 saturated carbocycles. The van der Waals surface area contributed by atoms with Crippen molar-refractivity contribution in [3.8, 4) is 0 Å². The summed E-state index contributed by atoms with van der Waals surface area (Å²) in [5, 5.41) is 0. The molecule has 0 aromatic heterocycles. The van der Waals surface area contributed by atoms with E-state index in [-0.39, 0.29) is 11.5 Å². The van der Waals surface area contributed by atoms with Gasteiger partial charge in [-0.2, -0.15) is 0 Å². The molecule has 0 unspecified atom stereocenters. The monoisotopic (exact) mass is 182 g/mol. The normalized spacial score (nSPS) is 29.7. The molecule has 1 fully saturated rings. The smallest absolute Gasteiger partial charge is 0.151 e. The zero-order chi connectivity index (χ0) is 7.83. The predicted molar refractivity (Wildman–Crippen MR) is 41.9 cm³/mol. The Morgan fingerprint density at radius 3 is 1.90 bits per heavy atom. The molecular weight excluding hydrogens is 171 g/mol. The number of hydrogen-bond donors (Lipinski definition) is 0. The lowest BCUT2D eigenvalue weighted by atomic mass is 10.9. The van der Waals surface area contributed by atoms with Crippen LogP contribution in [0, 0.1) is 0 Å². The van der Waals surface area contributed by atoms with Crippen LogP contribution in [0.5, 0.6) is 0 Å². The number of sulfone groups is 1. The molecule has 1 heterocycles. The fourth-order valence-corrected chi connectivity index (χ4v) is 6.62. The van der Waals surface area contributed by atoms with Gasteiger partial charge in [0, 0.05) is 12.3 Å². The van der Waals surface area contributed by atoms with E-state index in [1.807, 2.05) is 0 Å². The first-order valence-electron chi connectivity index (χ1n) is 3.17. The standard InChI is InChI=1S/C5H11O3PS/c1-9(6)2-4-10(7,8)5-3-9/h2-5H2,1H3. The molecule has 1 saturated heterocycles. The Hall–Kier alpha value is 0.180. The Balaban J connectivity index is 2.72. The molecule has 0 atom stereocenters. The van der Waals surface area contributed by atoms with Gasteiger partial charge in [0.15, 0.2) is 9.84 Å². The minimum absolute atomic E-state index is 0.126. The van der Waals surface area contributed by atoms with Crippen molar-refractivity contribution in [2.75, 3.05) is 30.5 Å². The van der Waals surface area contributed by atoms with E-state index in [0.717, 1.165) is 0 Å². The predicted octanol–water partition coefficient (Wildman–Crippen LogP) is 0.408. The topological polar surface area (TPSA) is 51.2 Å². The molecule has 60 valence electrons. The highest BCUT2D eigenvalue weighted by atomic mass is 32.2. The lowest BCUT2D eigenvalue weighted by Gasteiger charge is -2.17. The molecule has 0 N–H and O–H groups in total. The van der Waals surface area contributed by atoms with E-state index in [1.165, 1.54) is 0 Å². The van der Waals surface area contributed by atoms with Gasteiger partial charge in [-0.3, -0.25) is 0 Å². The molecular formula is C5H11O3PS. The van der Waals surface area contributed by atoms with E-state index in [1.54, 1.807) is 6.66 Å². The van der Waals surface area contributed by atoms with Crippen LogP contribution in [0.4, 0.5) is 0 Å². The molecule has 3 nitrogen and oxygen atoms in total. The third kappa shape index (κ3) is 2.10. The maximum absolute atomic E-state index is 11.3. The minimum Gasteiger partial charge on any atom is -0.324 e. The first-order chi connectivity index (χ1) is 4.41. The van der Waals surface area contributed by atoms with Gasteiger partial charge in [-0.05, 0) is 6.66 Å². The fraction of sp³-hybridized carbons (Fsp3) is 1.00. The Kier molecular flexibility index (Phi) is 1.94. The molecule has 1 aliphatic heterocycles. The molecule has 0 aromatic carbocycles. The zero-order valence-corrected chi connectivity index (χ0v) is 7.62. The van der Waals surface area contributed by atoms with Crippen LogP contribution in [0.3, 0.4) is 0 Å². The van der Waals surface area contributed by atoms with Crippen molar-refractivity contribution in [1.29, 1.82) is 0 Å². The average Bonchev–Trinajstić information content (AvgIpc) is 1.79. The van der Waals surface area contributed by atoms with E-state index in [0.29, 0.717) is 12.3 Å². The highest BCUT2D eigenvalue weighted by Crippen LogP contribution is 2.43. The quantitative estimate of drug-likeness (QED) is 0.510. The van der Waals surface area contributed by atoms with Gasteiger partial charge in [0.25, 0.3) is 0 Å². The summed E-state index contributed by atoms with van der Waals surface area (Å²) in [6.07, 6.45) is 0.769. The van der Waals surface area contributed by atoms with Crippen LogP contribution in [0.25, 0.3) is 0 Å². The second-order valence-corrected chi connectivity index (χ2v) is 8.69. The second-order valence-electron chi connectivity index (χ2n) is 2.90. The molecule has 1 aliphatic rings. The molecule has 0 spiro atoms. The molecule has 0 aliphatic carbocycles. The summed E-state index contributed by atoms with van der Waals surface area (Å²) in [5.74, 6) is 0.252. The third-order valence-corrected chi connectivity index (χ3v) is 6.35. The van der Waals surface area contributed by atoms with Gasteiger partial charge in [0.2, 0.25) is 0 Å². The van der Waals surface area contributed by atoms with Crippen LogP contribution >= 0.6 is 7.14 Å². The number of hydrogen-bond acceptors (Lipinski definition) is 3. The lowest BCUT2D eigenvalue weighted by Crippen LogP contribution is -2.23. The van der Waals surface area contributed by atoms with Crippen LogP contribution in [-0.4, -0.2) is 38.9 Å². The van der Waals surface area contributed by atoms with E-state index in [4.69, 9.17) is 0 Å². The Morgan fingerprint density at radius 2 is 1.60 bits per heavy atom. The summed E-state index contributed by atoms with van der Waals surface area (Å²) < 4.78 is 32.9. The van der Waals surface area contributed by atoms with Gasteiger partial charge in [-0.25, -0.2) is 8.42 Å². The summed E-state index contributed by atoms with van der Waals surface area (Å²) in [4.78, 5) is 0. The molecule has 10 heavy (non-hydrogen) atoms. The lowest BCUT2D eigenvalue weighted by molar-refractivity contribution is 0.571. The van der Waals surface area contributed by atoms with Gasteiger partial charge < -0.3 is 4.57 Å². The SMILES string of the molecule is CP1(=O)CCS(=O)(=O)CC1. The van der Waals surface area contributed by atoms with Gasteiger partial charge >= 0.3 is 0 Å². The molecule has 1 rings (SSSR count). The zero-order valence-electron chi connectivity index (χ0n) is 5.91. The van der Waals surface area contributed by atoms with Crippen molar-refractivity contribution < 1.29 is 13.0 Å². The summed E-state index contributed by atoms with van der Waals surface area (Å²) in [6.45, 7) is 1.68. The van der Waals surface area contributed by atoms with Crippen molar-refractivity contribution in [2.45, 2.75) is 0 Å². The van der Waals surface area contributed by atoms with E-state index < -0.39 is 17.0 Å². The van der Waals surface area contributed by atoms with E-state index in [2.05, 4.69) is 0 Å². The molecule has 0 aromatic rings. The van der Waals surface area contributed by atoms with Crippen LogP contribution in [0.15, 0.2) is 0 Å². The number of rotatable bonds is 0. The van der Waals surface area contributed by atoms with E-state index in [9.17, 15) is 13.0 Å². The van der Waals surface area contributed by atoms with Gasteiger partial charge in [-0.1, -0.05) is 0 Å². The summed E-state index contributed by atoms with van der Waals surface area (Å²) in [7, 11) is -4.87. The van der Waals surface area contributed by atoms with Crippen molar-refractivity contribution in [3.63, 3.8) is 0 Å². The maximum Gasteiger partial charge on any atom is 0.151 e. The Labute approximate surface area is 61.1 Å².